The molecular weight excluding hydrogens is 669 g/mol. The van der Waals surface area contributed by atoms with Crippen LogP contribution in [-0.2, 0) is 19.6 Å². The fourth-order valence-electron chi connectivity index (χ4n) is 6.47. The van der Waals surface area contributed by atoms with E-state index < -0.39 is 5.92 Å². The van der Waals surface area contributed by atoms with Gasteiger partial charge in [0.1, 0.15) is 36.0 Å². The molecule has 1 N–H and O–H groups in total. The summed E-state index contributed by atoms with van der Waals surface area (Å²) in [7, 11) is 1.85. The van der Waals surface area contributed by atoms with Gasteiger partial charge in [0, 0.05) is 74.2 Å². The highest BCUT2D eigenvalue weighted by atomic mass is 35.5. The molecule has 2 aliphatic rings. The topological polar surface area (TPSA) is 79.6 Å². The van der Waals surface area contributed by atoms with Crippen LogP contribution in [0.4, 0.5) is 8.78 Å². The zero-order valence-electron chi connectivity index (χ0n) is 27.3. The quantitative estimate of drug-likeness (QED) is 0.139. The van der Waals surface area contributed by atoms with Crippen molar-refractivity contribution in [1.82, 2.24) is 15.2 Å². The summed E-state index contributed by atoms with van der Waals surface area (Å²) < 4.78 is 45.8. The van der Waals surface area contributed by atoms with Crippen molar-refractivity contribution < 1.29 is 23.0 Å². The standard InChI is InChI=1S/C38H38Cl2F2N4O3/c1-44-23-27-18-32(39)36(19-35(27)48-24-26-17-25(20-43)21-45-22-26)49-33-10-9-29-28(5-2-6-30(29)33)31-7-3-8-34(37(31)40)47-16-4-13-46-14-11-38(41,42)12-15-46/h2-3,5-8,17-19,21-22,33,44H,4,9-16,23-24H2,1H3/t33-/m0/s1. The molecule has 4 aromatic rings. The highest BCUT2D eigenvalue weighted by molar-refractivity contribution is 6.35. The van der Waals surface area contributed by atoms with Gasteiger partial charge < -0.3 is 24.4 Å². The smallest absolute Gasteiger partial charge is 0.250 e. The summed E-state index contributed by atoms with van der Waals surface area (Å²) in [4.78, 5) is 6.19. The number of benzene rings is 3. The molecule has 1 atom stereocenters. The average molecular weight is 708 g/mol. The minimum atomic E-state index is -2.54. The van der Waals surface area contributed by atoms with Crippen molar-refractivity contribution in [2.24, 2.45) is 0 Å². The molecule has 1 aliphatic heterocycles. The minimum absolute atomic E-state index is 0.0844. The first-order valence-electron chi connectivity index (χ1n) is 16.5. The van der Waals surface area contributed by atoms with Gasteiger partial charge in [0.2, 0.25) is 0 Å². The molecule has 1 aromatic heterocycles. The molecule has 0 bridgehead atoms. The number of halogens is 4. The van der Waals surface area contributed by atoms with Crippen LogP contribution in [0.2, 0.25) is 10.0 Å². The number of nitrogens with one attached hydrogen (secondary N) is 1. The second kappa shape index (κ2) is 15.7. The van der Waals surface area contributed by atoms with Crippen molar-refractivity contribution in [2.45, 2.75) is 57.3 Å². The summed E-state index contributed by atoms with van der Waals surface area (Å²) in [5, 5.41) is 13.4. The Hall–Kier alpha value is -3.94. The third-order valence-electron chi connectivity index (χ3n) is 9.00. The van der Waals surface area contributed by atoms with Crippen LogP contribution in [0.15, 0.2) is 67.0 Å². The van der Waals surface area contributed by atoms with Gasteiger partial charge in [0.25, 0.3) is 5.92 Å². The van der Waals surface area contributed by atoms with E-state index in [0.29, 0.717) is 65.6 Å². The third-order valence-corrected chi connectivity index (χ3v) is 9.69. The molecule has 256 valence electrons. The molecule has 49 heavy (non-hydrogen) atoms. The molecule has 0 unspecified atom stereocenters. The summed E-state index contributed by atoms with van der Waals surface area (Å²) in [6.45, 7) is 2.76. The molecular formula is C38H38Cl2F2N4O3. The molecule has 2 heterocycles. The maximum absolute atomic E-state index is 13.5. The monoisotopic (exact) mass is 706 g/mol. The lowest BCUT2D eigenvalue weighted by Gasteiger charge is -2.31. The van der Waals surface area contributed by atoms with E-state index in [4.69, 9.17) is 37.4 Å². The second-order valence-electron chi connectivity index (χ2n) is 12.4. The van der Waals surface area contributed by atoms with E-state index in [1.807, 2.05) is 43.4 Å². The van der Waals surface area contributed by atoms with E-state index in [2.05, 4.69) is 33.4 Å². The number of nitriles is 1. The highest BCUT2D eigenvalue weighted by Gasteiger charge is 2.33. The number of piperidine rings is 1. The second-order valence-corrected chi connectivity index (χ2v) is 13.2. The molecule has 0 spiro atoms. The summed E-state index contributed by atoms with van der Waals surface area (Å²) in [6, 6.07) is 19.5. The van der Waals surface area contributed by atoms with E-state index in [9.17, 15) is 14.0 Å². The van der Waals surface area contributed by atoms with E-state index in [1.165, 1.54) is 6.20 Å². The van der Waals surface area contributed by atoms with Crippen LogP contribution in [0.1, 0.15) is 59.6 Å². The van der Waals surface area contributed by atoms with Gasteiger partial charge in [-0.2, -0.15) is 5.26 Å². The molecule has 6 rings (SSSR count). The van der Waals surface area contributed by atoms with Gasteiger partial charge in [-0.25, -0.2) is 8.78 Å². The van der Waals surface area contributed by atoms with Crippen molar-refractivity contribution in [1.29, 1.82) is 5.26 Å². The zero-order chi connectivity index (χ0) is 34.4. The Bertz CT molecular complexity index is 1820. The molecule has 0 radical (unpaired) electrons. The number of hydrogen-bond acceptors (Lipinski definition) is 7. The van der Waals surface area contributed by atoms with Crippen molar-refractivity contribution in [3.05, 3.63) is 105 Å². The van der Waals surface area contributed by atoms with E-state index in [-0.39, 0.29) is 25.6 Å². The lowest BCUT2D eigenvalue weighted by Crippen LogP contribution is -2.40. The van der Waals surface area contributed by atoms with Crippen molar-refractivity contribution in [2.75, 3.05) is 33.3 Å². The number of likely N-dealkylation sites (tertiary alicyclic amines) is 1. The van der Waals surface area contributed by atoms with Crippen LogP contribution in [0, 0.1) is 11.3 Å². The maximum atomic E-state index is 13.5. The fourth-order valence-corrected chi connectivity index (χ4v) is 6.98. The number of alkyl halides is 2. The number of fused-ring (bicyclic) bond motifs is 1. The Morgan fingerprint density at radius 2 is 1.80 bits per heavy atom. The molecule has 1 fully saturated rings. The van der Waals surface area contributed by atoms with Gasteiger partial charge in [0.05, 0.1) is 22.2 Å². The summed E-state index contributed by atoms with van der Waals surface area (Å²) in [6.07, 6.45) is 5.09. The summed E-state index contributed by atoms with van der Waals surface area (Å²) in [5.74, 6) is -0.788. The number of rotatable bonds is 13. The van der Waals surface area contributed by atoms with Crippen molar-refractivity contribution in [3.63, 3.8) is 0 Å². The maximum Gasteiger partial charge on any atom is 0.250 e. The molecule has 0 amide bonds. The van der Waals surface area contributed by atoms with E-state index >= 15 is 0 Å². The Morgan fingerprint density at radius 1 is 1.00 bits per heavy atom. The highest BCUT2D eigenvalue weighted by Crippen LogP contribution is 2.45. The van der Waals surface area contributed by atoms with E-state index in [1.54, 1.807) is 12.3 Å². The number of nitrogens with zero attached hydrogens (tertiary/aromatic N) is 3. The van der Waals surface area contributed by atoms with E-state index in [0.717, 1.165) is 52.6 Å². The van der Waals surface area contributed by atoms with Crippen molar-refractivity contribution in [3.8, 4) is 34.4 Å². The minimum Gasteiger partial charge on any atom is -0.492 e. The van der Waals surface area contributed by atoms with Gasteiger partial charge >= 0.3 is 0 Å². The molecule has 11 heteroatoms. The number of aromatic nitrogens is 1. The molecule has 7 nitrogen and oxygen atoms in total. The normalized spacial score (nSPS) is 16.9. The first-order chi connectivity index (χ1) is 23.7. The first-order valence-corrected chi connectivity index (χ1v) is 17.2. The predicted molar refractivity (Wildman–Crippen MR) is 187 cm³/mol. The lowest BCUT2D eigenvalue weighted by molar-refractivity contribution is -0.0554. The van der Waals surface area contributed by atoms with Gasteiger partial charge in [-0.05, 0) is 61.2 Å². The Morgan fingerprint density at radius 3 is 2.59 bits per heavy atom. The van der Waals surface area contributed by atoms with Gasteiger partial charge in [-0.1, -0.05) is 53.5 Å². The number of hydrogen-bond donors (Lipinski definition) is 1. The van der Waals surface area contributed by atoms with Crippen molar-refractivity contribution >= 4 is 23.2 Å². The van der Waals surface area contributed by atoms with Crippen LogP contribution in [0.25, 0.3) is 11.1 Å². The first kappa shape index (κ1) is 34.9. The number of pyridine rings is 1. The Kier molecular flexibility index (Phi) is 11.2. The van der Waals surface area contributed by atoms with Gasteiger partial charge in [0.15, 0.2) is 0 Å². The van der Waals surface area contributed by atoms with Crippen LogP contribution in [0.5, 0.6) is 17.2 Å². The van der Waals surface area contributed by atoms with Gasteiger partial charge in [-0.15, -0.1) is 0 Å². The Balaban J connectivity index is 1.15. The number of ether oxygens (including phenoxy) is 3. The summed E-state index contributed by atoms with van der Waals surface area (Å²) in [5.41, 5.74) is 6.28. The summed E-state index contributed by atoms with van der Waals surface area (Å²) >= 11 is 13.7. The Labute approximate surface area is 295 Å². The largest absolute Gasteiger partial charge is 0.492 e. The van der Waals surface area contributed by atoms with Crippen LogP contribution in [-0.4, -0.2) is 49.1 Å². The average Bonchev–Trinajstić information content (AvgIpc) is 3.51. The lowest BCUT2D eigenvalue weighted by atomic mass is 9.96. The molecule has 0 saturated carbocycles. The fraction of sp³-hybridized carbons (Fsp3) is 0.368. The SMILES string of the molecule is CNCc1cc(Cl)c(O[C@H]2CCc3c(-c4cccc(OCCCN5CCC(F)(F)CC5)c4Cl)cccc32)cc1OCc1cncc(C#N)c1. The van der Waals surface area contributed by atoms with Gasteiger partial charge in [-0.3, -0.25) is 4.98 Å². The molecule has 1 saturated heterocycles. The predicted octanol–water partition coefficient (Wildman–Crippen LogP) is 8.79. The third kappa shape index (κ3) is 8.45. The van der Waals surface area contributed by atoms with Crippen LogP contribution >= 0.6 is 23.2 Å². The molecule has 3 aromatic carbocycles. The molecule has 1 aliphatic carbocycles. The van der Waals surface area contributed by atoms with Crippen LogP contribution in [0.3, 0.4) is 0 Å². The zero-order valence-corrected chi connectivity index (χ0v) is 28.8. The van der Waals surface area contributed by atoms with Crippen LogP contribution < -0.4 is 19.5 Å².